The number of aromatic nitrogens is 2. The standard InChI is InChI=1S/C13H17N5O3/c19-11(20)10-8-18(9-10)13(21)17-6-4-16(5-7-17)12-14-2-1-3-15-12/h1-3,10H,4-9H2,(H,19,20). The van der Waals surface area contributed by atoms with Crippen LogP contribution in [0.3, 0.4) is 0 Å². The summed E-state index contributed by atoms with van der Waals surface area (Å²) in [6.45, 7) is 3.21. The molecule has 0 aliphatic carbocycles. The normalized spacial score (nSPS) is 19.3. The maximum atomic E-state index is 12.2. The Morgan fingerprint density at radius 2 is 1.67 bits per heavy atom. The number of amides is 2. The Morgan fingerprint density at radius 1 is 1.05 bits per heavy atom. The van der Waals surface area contributed by atoms with Crippen LogP contribution in [0.25, 0.3) is 0 Å². The van der Waals surface area contributed by atoms with Crippen LogP contribution in [0.2, 0.25) is 0 Å². The molecule has 1 N–H and O–H groups in total. The maximum Gasteiger partial charge on any atom is 0.320 e. The van der Waals surface area contributed by atoms with E-state index in [-0.39, 0.29) is 6.03 Å². The van der Waals surface area contributed by atoms with Crippen LogP contribution in [0, 0.1) is 5.92 Å². The van der Waals surface area contributed by atoms with Gasteiger partial charge in [0.2, 0.25) is 5.95 Å². The van der Waals surface area contributed by atoms with Crippen LogP contribution >= 0.6 is 0 Å². The number of rotatable bonds is 2. The summed E-state index contributed by atoms with van der Waals surface area (Å²) in [5.74, 6) is -0.558. The van der Waals surface area contributed by atoms with Crippen molar-refractivity contribution in [2.75, 3.05) is 44.2 Å². The molecule has 2 amide bonds. The Labute approximate surface area is 122 Å². The van der Waals surface area contributed by atoms with Gasteiger partial charge in [0, 0.05) is 51.7 Å². The molecule has 8 nitrogen and oxygen atoms in total. The molecule has 2 aliphatic rings. The van der Waals surface area contributed by atoms with Crippen molar-refractivity contribution in [2.24, 2.45) is 5.92 Å². The van der Waals surface area contributed by atoms with Gasteiger partial charge in [-0.3, -0.25) is 4.79 Å². The smallest absolute Gasteiger partial charge is 0.320 e. The van der Waals surface area contributed by atoms with E-state index in [1.54, 1.807) is 28.3 Å². The lowest BCUT2D eigenvalue weighted by Crippen LogP contribution is -2.60. The van der Waals surface area contributed by atoms with Crippen molar-refractivity contribution < 1.29 is 14.7 Å². The molecule has 3 heterocycles. The number of nitrogens with zero attached hydrogens (tertiary/aromatic N) is 5. The Kier molecular flexibility index (Phi) is 3.59. The lowest BCUT2D eigenvalue weighted by atomic mass is 10.0. The summed E-state index contributed by atoms with van der Waals surface area (Å²) in [4.78, 5) is 36.7. The number of carbonyl (C=O) groups excluding carboxylic acids is 1. The average Bonchev–Trinajstić information content (AvgIpc) is 2.46. The number of urea groups is 1. The molecule has 2 saturated heterocycles. The number of hydrogen-bond donors (Lipinski definition) is 1. The van der Waals surface area contributed by atoms with Crippen molar-refractivity contribution in [1.82, 2.24) is 19.8 Å². The number of carboxylic acid groups (broad SMARTS) is 1. The third-order valence-corrected chi connectivity index (χ3v) is 3.89. The van der Waals surface area contributed by atoms with E-state index < -0.39 is 11.9 Å². The highest BCUT2D eigenvalue weighted by Gasteiger charge is 2.38. The number of piperazine rings is 1. The molecular weight excluding hydrogens is 274 g/mol. The van der Waals surface area contributed by atoms with E-state index in [0.29, 0.717) is 45.2 Å². The van der Waals surface area contributed by atoms with Crippen molar-refractivity contribution >= 4 is 17.9 Å². The summed E-state index contributed by atoms with van der Waals surface area (Å²) in [6.07, 6.45) is 3.40. The summed E-state index contributed by atoms with van der Waals surface area (Å²) >= 11 is 0. The van der Waals surface area contributed by atoms with Crippen LogP contribution in [0.1, 0.15) is 0 Å². The van der Waals surface area contributed by atoms with Crippen LogP contribution in [0.4, 0.5) is 10.7 Å². The molecule has 112 valence electrons. The fourth-order valence-electron chi connectivity index (χ4n) is 2.54. The van der Waals surface area contributed by atoms with Crippen LogP contribution in [-0.2, 0) is 4.79 Å². The topological polar surface area (TPSA) is 89.9 Å². The fraction of sp³-hybridized carbons (Fsp3) is 0.538. The number of carbonyl (C=O) groups is 2. The minimum atomic E-state index is -0.829. The zero-order valence-corrected chi connectivity index (χ0v) is 11.6. The molecular formula is C13H17N5O3. The molecule has 0 spiro atoms. The molecule has 1 aromatic heterocycles. The molecule has 0 aromatic carbocycles. The lowest BCUT2D eigenvalue weighted by molar-refractivity contribution is -0.146. The molecule has 3 rings (SSSR count). The van der Waals surface area contributed by atoms with Gasteiger partial charge in [0.05, 0.1) is 5.92 Å². The van der Waals surface area contributed by atoms with Gasteiger partial charge in [-0.15, -0.1) is 0 Å². The summed E-state index contributed by atoms with van der Waals surface area (Å²) in [7, 11) is 0. The van der Waals surface area contributed by atoms with Crippen molar-refractivity contribution in [2.45, 2.75) is 0 Å². The van der Waals surface area contributed by atoms with Crippen LogP contribution in [0.15, 0.2) is 18.5 Å². The second-order valence-corrected chi connectivity index (χ2v) is 5.25. The monoisotopic (exact) mass is 291 g/mol. The molecule has 2 fully saturated rings. The minimum absolute atomic E-state index is 0.0684. The zero-order valence-electron chi connectivity index (χ0n) is 11.6. The van der Waals surface area contributed by atoms with Gasteiger partial charge in [-0.2, -0.15) is 0 Å². The van der Waals surface area contributed by atoms with Crippen LogP contribution < -0.4 is 4.90 Å². The Balaban J connectivity index is 1.50. The van der Waals surface area contributed by atoms with Crippen molar-refractivity contribution in [3.8, 4) is 0 Å². The van der Waals surface area contributed by atoms with Gasteiger partial charge in [-0.05, 0) is 6.07 Å². The van der Waals surface area contributed by atoms with Crippen LogP contribution in [0.5, 0.6) is 0 Å². The van der Waals surface area contributed by atoms with Crippen molar-refractivity contribution in [1.29, 1.82) is 0 Å². The highest BCUT2D eigenvalue weighted by molar-refractivity contribution is 5.80. The molecule has 21 heavy (non-hydrogen) atoms. The number of anilines is 1. The molecule has 0 atom stereocenters. The van der Waals surface area contributed by atoms with E-state index in [1.165, 1.54) is 0 Å². The van der Waals surface area contributed by atoms with E-state index in [9.17, 15) is 9.59 Å². The van der Waals surface area contributed by atoms with Gasteiger partial charge in [0.25, 0.3) is 0 Å². The van der Waals surface area contributed by atoms with E-state index in [4.69, 9.17) is 5.11 Å². The number of carboxylic acids is 1. The van der Waals surface area contributed by atoms with Crippen LogP contribution in [-0.4, -0.2) is 76.1 Å². The third-order valence-electron chi connectivity index (χ3n) is 3.89. The average molecular weight is 291 g/mol. The van der Waals surface area contributed by atoms with Gasteiger partial charge in [-0.25, -0.2) is 14.8 Å². The first kappa shape index (κ1) is 13.6. The predicted molar refractivity (Wildman–Crippen MR) is 73.9 cm³/mol. The molecule has 0 radical (unpaired) electrons. The highest BCUT2D eigenvalue weighted by Crippen LogP contribution is 2.19. The molecule has 0 saturated carbocycles. The van der Waals surface area contributed by atoms with Gasteiger partial charge in [0.1, 0.15) is 0 Å². The molecule has 2 aliphatic heterocycles. The zero-order chi connectivity index (χ0) is 14.8. The first-order chi connectivity index (χ1) is 10.1. The second kappa shape index (κ2) is 5.55. The quantitative estimate of drug-likeness (QED) is 0.807. The first-order valence-electron chi connectivity index (χ1n) is 6.94. The molecule has 0 unspecified atom stereocenters. The maximum absolute atomic E-state index is 12.2. The largest absolute Gasteiger partial charge is 0.481 e. The van der Waals surface area contributed by atoms with E-state index >= 15 is 0 Å². The third kappa shape index (κ3) is 2.74. The van der Waals surface area contributed by atoms with Gasteiger partial charge >= 0.3 is 12.0 Å². The number of likely N-dealkylation sites (tertiary alicyclic amines) is 1. The first-order valence-corrected chi connectivity index (χ1v) is 6.94. The summed E-state index contributed by atoms with van der Waals surface area (Å²) in [6, 6.07) is 1.70. The second-order valence-electron chi connectivity index (χ2n) is 5.25. The number of aliphatic carboxylic acids is 1. The number of hydrogen-bond acceptors (Lipinski definition) is 5. The highest BCUT2D eigenvalue weighted by atomic mass is 16.4. The SMILES string of the molecule is O=C(O)C1CN(C(=O)N2CCN(c3ncccn3)CC2)C1. The molecule has 0 bridgehead atoms. The summed E-state index contributed by atoms with van der Waals surface area (Å²) in [5, 5.41) is 8.83. The van der Waals surface area contributed by atoms with E-state index in [1.807, 2.05) is 4.90 Å². The lowest BCUT2D eigenvalue weighted by Gasteiger charge is -2.42. The fourth-order valence-corrected chi connectivity index (χ4v) is 2.54. The van der Waals surface area contributed by atoms with Crippen molar-refractivity contribution in [3.63, 3.8) is 0 Å². The van der Waals surface area contributed by atoms with Crippen molar-refractivity contribution in [3.05, 3.63) is 18.5 Å². The van der Waals surface area contributed by atoms with Gasteiger partial charge in [-0.1, -0.05) is 0 Å². The Bertz CT molecular complexity index is 524. The Morgan fingerprint density at radius 3 is 2.24 bits per heavy atom. The molecule has 1 aromatic rings. The summed E-state index contributed by atoms with van der Waals surface area (Å²) in [5.41, 5.74) is 0. The Hall–Kier alpha value is -2.38. The minimum Gasteiger partial charge on any atom is -0.481 e. The summed E-state index contributed by atoms with van der Waals surface area (Å²) < 4.78 is 0. The molecule has 8 heteroatoms. The predicted octanol–water partition coefficient (Wildman–Crippen LogP) is -0.265. The van der Waals surface area contributed by atoms with E-state index in [0.717, 1.165) is 0 Å². The van der Waals surface area contributed by atoms with Gasteiger partial charge < -0.3 is 19.8 Å². The van der Waals surface area contributed by atoms with Gasteiger partial charge in [0.15, 0.2) is 0 Å². The van der Waals surface area contributed by atoms with E-state index in [2.05, 4.69) is 9.97 Å².